The molecule has 0 amide bonds. The summed E-state index contributed by atoms with van der Waals surface area (Å²) in [4.78, 5) is 6.35. The van der Waals surface area contributed by atoms with Gasteiger partial charge in [-0.1, -0.05) is 42.5 Å². The zero-order valence-corrected chi connectivity index (χ0v) is 21.4. The monoisotopic (exact) mass is 575 g/mol. The van der Waals surface area contributed by atoms with Crippen molar-refractivity contribution < 1.29 is 17.5 Å². The SMILES string of the molecule is CCNC(=NCCS(=O)(=O)c1ccccc1F)N1CCC(COCc2ccccc2)C1.I. The lowest BCUT2D eigenvalue weighted by atomic mass is 10.1. The van der Waals surface area contributed by atoms with Gasteiger partial charge in [0.2, 0.25) is 0 Å². The Bertz CT molecular complexity index is 973. The highest BCUT2D eigenvalue weighted by atomic mass is 127. The highest BCUT2D eigenvalue weighted by Crippen LogP contribution is 2.18. The third kappa shape index (κ3) is 7.70. The lowest BCUT2D eigenvalue weighted by molar-refractivity contribution is 0.0907. The number of guanidine groups is 1. The average Bonchev–Trinajstić information content (AvgIpc) is 3.23. The van der Waals surface area contributed by atoms with Crippen LogP contribution in [0.4, 0.5) is 4.39 Å². The van der Waals surface area contributed by atoms with Crippen molar-refractivity contribution in [2.24, 2.45) is 10.9 Å². The molecule has 2 aromatic rings. The number of hydrogen-bond acceptors (Lipinski definition) is 4. The van der Waals surface area contributed by atoms with E-state index in [1.807, 2.05) is 37.3 Å². The third-order valence-corrected chi connectivity index (χ3v) is 6.90. The van der Waals surface area contributed by atoms with E-state index >= 15 is 0 Å². The van der Waals surface area contributed by atoms with Gasteiger partial charge in [-0.2, -0.15) is 0 Å². The summed E-state index contributed by atoms with van der Waals surface area (Å²) in [6.45, 7) is 5.65. The average molecular weight is 575 g/mol. The Morgan fingerprint density at radius 1 is 1.19 bits per heavy atom. The molecule has 1 N–H and O–H groups in total. The standard InChI is InChI=1S/C23H30FN3O3S.HI/c1-2-25-23(26-13-15-31(28,29)22-11-7-6-10-21(22)24)27-14-12-20(16-27)18-30-17-19-8-4-3-5-9-19;/h3-11,20H,2,12-18H2,1H3,(H,25,26);1H. The van der Waals surface area contributed by atoms with Gasteiger partial charge < -0.3 is 15.0 Å². The number of halogens is 2. The maximum absolute atomic E-state index is 13.8. The molecule has 1 heterocycles. The number of rotatable bonds is 9. The quantitative estimate of drug-likeness (QED) is 0.281. The first-order valence-corrected chi connectivity index (χ1v) is 12.3. The van der Waals surface area contributed by atoms with Crippen LogP contribution in [0.3, 0.4) is 0 Å². The van der Waals surface area contributed by atoms with E-state index in [0.717, 1.165) is 31.1 Å². The first-order chi connectivity index (χ1) is 15.0. The molecular weight excluding hydrogens is 544 g/mol. The number of likely N-dealkylation sites (tertiary alicyclic amines) is 1. The zero-order chi connectivity index (χ0) is 22.1. The minimum atomic E-state index is -3.72. The molecule has 1 atom stereocenters. The van der Waals surface area contributed by atoms with Crippen molar-refractivity contribution in [3.8, 4) is 0 Å². The summed E-state index contributed by atoms with van der Waals surface area (Å²) in [5, 5.41) is 3.23. The van der Waals surface area contributed by atoms with Crippen molar-refractivity contribution in [2.75, 3.05) is 38.5 Å². The van der Waals surface area contributed by atoms with Crippen LogP contribution < -0.4 is 5.32 Å². The Labute approximate surface area is 207 Å². The van der Waals surface area contributed by atoms with E-state index in [2.05, 4.69) is 15.2 Å². The van der Waals surface area contributed by atoms with E-state index < -0.39 is 15.7 Å². The summed E-state index contributed by atoms with van der Waals surface area (Å²) >= 11 is 0. The molecule has 2 aromatic carbocycles. The molecule has 1 aliphatic heterocycles. The number of sulfone groups is 1. The maximum atomic E-state index is 13.8. The molecule has 1 aliphatic rings. The van der Waals surface area contributed by atoms with Crippen LogP contribution in [0.15, 0.2) is 64.5 Å². The van der Waals surface area contributed by atoms with Crippen molar-refractivity contribution in [3.63, 3.8) is 0 Å². The molecule has 1 saturated heterocycles. The van der Waals surface area contributed by atoms with Crippen LogP contribution in [-0.4, -0.2) is 57.8 Å². The minimum Gasteiger partial charge on any atom is -0.376 e. The molecule has 1 unspecified atom stereocenters. The zero-order valence-electron chi connectivity index (χ0n) is 18.2. The third-order valence-electron chi connectivity index (χ3n) is 5.18. The van der Waals surface area contributed by atoms with E-state index in [9.17, 15) is 12.8 Å². The first-order valence-electron chi connectivity index (χ1n) is 10.6. The van der Waals surface area contributed by atoms with Crippen LogP contribution in [-0.2, 0) is 21.2 Å². The van der Waals surface area contributed by atoms with E-state index in [4.69, 9.17) is 4.74 Å². The largest absolute Gasteiger partial charge is 0.376 e. The lowest BCUT2D eigenvalue weighted by Gasteiger charge is -2.21. The summed E-state index contributed by atoms with van der Waals surface area (Å²) in [5.74, 6) is 0.128. The molecular formula is C23H31FIN3O3S. The molecule has 1 fully saturated rings. The topological polar surface area (TPSA) is 71.0 Å². The second-order valence-corrected chi connectivity index (χ2v) is 9.66. The summed E-state index contributed by atoms with van der Waals surface area (Å²) in [6, 6.07) is 15.5. The van der Waals surface area contributed by atoms with Crippen molar-refractivity contribution in [3.05, 3.63) is 66.0 Å². The van der Waals surface area contributed by atoms with Crippen molar-refractivity contribution >= 4 is 39.8 Å². The van der Waals surface area contributed by atoms with E-state index in [0.29, 0.717) is 31.6 Å². The molecule has 0 bridgehead atoms. The van der Waals surface area contributed by atoms with Gasteiger partial charge in [-0.05, 0) is 31.0 Å². The van der Waals surface area contributed by atoms with Gasteiger partial charge in [0.05, 0.1) is 25.5 Å². The van der Waals surface area contributed by atoms with Gasteiger partial charge in [-0.3, -0.25) is 4.99 Å². The van der Waals surface area contributed by atoms with Crippen molar-refractivity contribution in [1.29, 1.82) is 0 Å². The highest BCUT2D eigenvalue weighted by molar-refractivity contribution is 14.0. The number of aliphatic imine (C=N–C) groups is 1. The Kier molecular flexibility index (Phi) is 10.9. The van der Waals surface area contributed by atoms with Crippen LogP contribution >= 0.6 is 24.0 Å². The maximum Gasteiger partial charge on any atom is 0.193 e. The fourth-order valence-electron chi connectivity index (χ4n) is 3.58. The van der Waals surface area contributed by atoms with Gasteiger partial charge in [-0.25, -0.2) is 12.8 Å². The van der Waals surface area contributed by atoms with Crippen molar-refractivity contribution in [1.82, 2.24) is 10.2 Å². The molecule has 176 valence electrons. The highest BCUT2D eigenvalue weighted by Gasteiger charge is 2.25. The smallest absolute Gasteiger partial charge is 0.193 e. The van der Waals surface area contributed by atoms with Gasteiger partial charge in [0, 0.05) is 25.6 Å². The number of nitrogens with zero attached hydrogens (tertiary/aromatic N) is 2. The Morgan fingerprint density at radius 3 is 2.62 bits per heavy atom. The van der Waals surface area contributed by atoms with Gasteiger partial charge >= 0.3 is 0 Å². The molecule has 0 aromatic heterocycles. The minimum absolute atomic E-state index is 0. The summed E-state index contributed by atoms with van der Waals surface area (Å²) < 4.78 is 44.6. The number of hydrogen-bond donors (Lipinski definition) is 1. The Balaban J connectivity index is 0.00000363. The molecule has 3 rings (SSSR count). The number of benzene rings is 2. The van der Waals surface area contributed by atoms with Crippen LogP contribution in [0.2, 0.25) is 0 Å². The van der Waals surface area contributed by atoms with Gasteiger partial charge in [0.25, 0.3) is 0 Å². The second kappa shape index (κ2) is 13.1. The van der Waals surface area contributed by atoms with Gasteiger partial charge in [0.15, 0.2) is 15.8 Å². The Morgan fingerprint density at radius 2 is 1.91 bits per heavy atom. The van der Waals surface area contributed by atoms with E-state index in [1.165, 1.54) is 18.2 Å². The molecule has 0 spiro atoms. The molecule has 0 saturated carbocycles. The Hall–Kier alpha value is -1.72. The van der Waals surface area contributed by atoms with Crippen LogP contribution in [0.5, 0.6) is 0 Å². The molecule has 0 radical (unpaired) electrons. The predicted octanol–water partition coefficient (Wildman–Crippen LogP) is 3.72. The van der Waals surface area contributed by atoms with Crippen molar-refractivity contribution in [2.45, 2.75) is 24.8 Å². The fourth-order valence-corrected chi connectivity index (χ4v) is 4.79. The molecule has 0 aliphatic carbocycles. The van der Waals surface area contributed by atoms with E-state index in [-0.39, 0.29) is 41.2 Å². The second-order valence-electron chi connectivity index (χ2n) is 7.59. The first kappa shape index (κ1) is 26.5. The summed E-state index contributed by atoms with van der Waals surface area (Å²) in [5.41, 5.74) is 1.16. The predicted molar refractivity (Wildman–Crippen MR) is 136 cm³/mol. The lowest BCUT2D eigenvalue weighted by Crippen LogP contribution is -2.40. The van der Waals surface area contributed by atoms with Crippen LogP contribution in [0.1, 0.15) is 18.9 Å². The normalized spacial score (nSPS) is 16.6. The summed E-state index contributed by atoms with van der Waals surface area (Å²) in [7, 11) is -3.72. The summed E-state index contributed by atoms with van der Waals surface area (Å²) in [6.07, 6.45) is 0.993. The number of ether oxygens (including phenoxy) is 1. The van der Waals surface area contributed by atoms with E-state index in [1.54, 1.807) is 0 Å². The number of nitrogens with one attached hydrogen (secondary N) is 1. The molecule has 6 nitrogen and oxygen atoms in total. The van der Waals surface area contributed by atoms with Crippen LogP contribution in [0, 0.1) is 11.7 Å². The van der Waals surface area contributed by atoms with Gasteiger partial charge in [0.1, 0.15) is 10.7 Å². The van der Waals surface area contributed by atoms with Gasteiger partial charge in [-0.15, -0.1) is 24.0 Å². The fraction of sp³-hybridized carbons (Fsp3) is 0.435. The molecule has 32 heavy (non-hydrogen) atoms. The van der Waals surface area contributed by atoms with Crippen LogP contribution in [0.25, 0.3) is 0 Å². The molecule has 9 heteroatoms.